The van der Waals surface area contributed by atoms with Crippen molar-refractivity contribution in [1.82, 2.24) is 10.3 Å². The van der Waals surface area contributed by atoms with Crippen LogP contribution >= 0.6 is 0 Å². The minimum atomic E-state index is -0.890. The van der Waals surface area contributed by atoms with Crippen LogP contribution in [0.1, 0.15) is 18.9 Å². The van der Waals surface area contributed by atoms with Crippen LogP contribution in [0, 0.1) is 30.3 Å². The molecule has 2 N–H and O–H groups in total. The predicted molar refractivity (Wildman–Crippen MR) is 138 cm³/mol. The maximum Gasteiger partial charge on any atom is 0.165 e. The third kappa shape index (κ3) is 4.51. The second-order valence-electron chi connectivity index (χ2n) is 9.50. The van der Waals surface area contributed by atoms with E-state index in [4.69, 9.17) is 0 Å². The second-order valence-corrected chi connectivity index (χ2v) is 9.50. The average molecular weight is 492 g/mol. The van der Waals surface area contributed by atoms with Crippen molar-refractivity contribution in [1.29, 1.82) is 0 Å². The lowest BCUT2D eigenvalue weighted by atomic mass is 9.92. The van der Waals surface area contributed by atoms with Crippen LogP contribution in [0.15, 0.2) is 54.7 Å². The molecule has 7 heteroatoms. The number of aromatic nitrogens is 1. The molecule has 5 rings (SSSR count). The Hall–Kier alpha value is -3.58. The number of fused-ring (bicyclic) bond motifs is 1. The zero-order valence-electron chi connectivity index (χ0n) is 20.3. The van der Waals surface area contributed by atoms with Crippen molar-refractivity contribution in [2.75, 3.05) is 31.1 Å². The molecule has 4 aromatic rings. The normalized spacial score (nSPS) is 13.9. The number of hydrogen-bond acceptors (Lipinski definition) is 4. The molecule has 0 aliphatic carbocycles. The Labute approximate surface area is 208 Å². The van der Waals surface area contributed by atoms with Gasteiger partial charge in [-0.1, -0.05) is 19.1 Å². The van der Waals surface area contributed by atoms with Crippen LogP contribution in [-0.4, -0.2) is 36.3 Å². The average Bonchev–Trinajstić information content (AvgIpc) is 2.82. The summed E-state index contributed by atoms with van der Waals surface area (Å²) in [6.45, 7) is 7.46. The summed E-state index contributed by atoms with van der Waals surface area (Å²) < 4.78 is 43.1. The van der Waals surface area contributed by atoms with Gasteiger partial charge in [-0.15, -0.1) is 0 Å². The van der Waals surface area contributed by atoms with Crippen molar-refractivity contribution in [2.45, 2.75) is 20.3 Å². The second kappa shape index (κ2) is 9.82. The number of halogens is 3. The molecule has 1 aliphatic heterocycles. The third-order valence-electron chi connectivity index (χ3n) is 6.69. The van der Waals surface area contributed by atoms with E-state index < -0.39 is 17.4 Å². The van der Waals surface area contributed by atoms with Crippen LogP contribution in [0.4, 0.5) is 18.9 Å². The molecule has 0 amide bonds. The standard InChI is InChI=1S/C29H28F3N3O/c1-3-8-33-13-18-15-35(16-18)28-22-12-19(27-24(31)5-6-25(32)29(27)36)4-7-26(22)34-14-23(28)20-9-17(2)10-21(30)11-20/h4-7,9-12,14,18,33,36H,3,8,13,15-16H2,1-2H3. The molecule has 0 unspecified atom stereocenters. The van der Waals surface area contributed by atoms with E-state index in [9.17, 15) is 18.3 Å². The van der Waals surface area contributed by atoms with Gasteiger partial charge in [-0.05, 0) is 73.0 Å². The van der Waals surface area contributed by atoms with Crippen molar-refractivity contribution in [2.24, 2.45) is 5.92 Å². The number of phenols is 1. The van der Waals surface area contributed by atoms with Gasteiger partial charge in [-0.2, -0.15) is 0 Å². The fourth-order valence-electron chi connectivity index (χ4n) is 4.96. The highest BCUT2D eigenvalue weighted by atomic mass is 19.1. The summed E-state index contributed by atoms with van der Waals surface area (Å²) in [7, 11) is 0. The zero-order valence-corrected chi connectivity index (χ0v) is 20.3. The van der Waals surface area contributed by atoms with Crippen LogP contribution < -0.4 is 10.2 Å². The Morgan fingerprint density at radius 2 is 1.78 bits per heavy atom. The lowest BCUT2D eigenvalue weighted by molar-refractivity contribution is 0.387. The minimum absolute atomic E-state index is 0.194. The van der Waals surface area contributed by atoms with E-state index in [1.54, 1.807) is 24.4 Å². The van der Waals surface area contributed by atoms with E-state index in [0.29, 0.717) is 22.6 Å². The maximum atomic E-state index is 14.7. The number of nitrogens with one attached hydrogen (secondary N) is 1. The Kier molecular flexibility index (Phi) is 6.58. The number of benzene rings is 3. The third-order valence-corrected chi connectivity index (χ3v) is 6.69. The molecule has 1 saturated heterocycles. The van der Waals surface area contributed by atoms with Gasteiger partial charge < -0.3 is 15.3 Å². The minimum Gasteiger partial charge on any atom is -0.504 e. The lowest BCUT2D eigenvalue weighted by Gasteiger charge is -2.42. The molecular weight excluding hydrogens is 463 g/mol. The molecule has 36 heavy (non-hydrogen) atoms. The van der Waals surface area contributed by atoms with Crippen LogP contribution in [0.3, 0.4) is 0 Å². The molecule has 0 atom stereocenters. The summed E-state index contributed by atoms with van der Waals surface area (Å²) in [6, 6.07) is 11.9. The highest BCUT2D eigenvalue weighted by molar-refractivity contribution is 6.02. The zero-order chi connectivity index (χ0) is 25.4. The van der Waals surface area contributed by atoms with Gasteiger partial charge in [-0.3, -0.25) is 4.98 Å². The van der Waals surface area contributed by atoms with Gasteiger partial charge in [0.1, 0.15) is 11.6 Å². The predicted octanol–water partition coefficient (Wildman–Crippen LogP) is 6.44. The fraction of sp³-hybridized carbons (Fsp3) is 0.276. The SMILES string of the molecule is CCCNCC1CN(c2c(-c3cc(C)cc(F)c3)cnc3ccc(-c4c(F)ccc(F)c4O)cc23)C1. The van der Waals surface area contributed by atoms with E-state index >= 15 is 0 Å². The Morgan fingerprint density at radius 1 is 1.00 bits per heavy atom. The van der Waals surface area contributed by atoms with E-state index in [1.807, 2.05) is 13.0 Å². The molecule has 1 fully saturated rings. The van der Waals surface area contributed by atoms with Gasteiger partial charge in [0.05, 0.1) is 16.8 Å². The van der Waals surface area contributed by atoms with Crippen molar-refractivity contribution in [3.05, 3.63) is 77.7 Å². The van der Waals surface area contributed by atoms with Crippen LogP contribution in [0.25, 0.3) is 33.2 Å². The molecule has 1 aromatic heterocycles. The molecule has 2 heterocycles. The lowest BCUT2D eigenvalue weighted by Crippen LogP contribution is -2.51. The van der Waals surface area contributed by atoms with Crippen molar-refractivity contribution >= 4 is 16.6 Å². The molecule has 1 aliphatic rings. The van der Waals surface area contributed by atoms with Gasteiger partial charge in [0, 0.05) is 42.7 Å². The van der Waals surface area contributed by atoms with Gasteiger partial charge in [0.25, 0.3) is 0 Å². The van der Waals surface area contributed by atoms with Crippen LogP contribution in [0.5, 0.6) is 5.75 Å². The Balaban J connectivity index is 1.66. The van der Waals surface area contributed by atoms with Crippen molar-refractivity contribution in [3.63, 3.8) is 0 Å². The van der Waals surface area contributed by atoms with Gasteiger partial charge in [0.15, 0.2) is 11.6 Å². The van der Waals surface area contributed by atoms with Crippen molar-refractivity contribution < 1.29 is 18.3 Å². The van der Waals surface area contributed by atoms with Gasteiger partial charge in [0.2, 0.25) is 0 Å². The number of hydrogen-bond donors (Lipinski definition) is 2. The van der Waals surface area contributed by atoms with Crippen LogP contribution in [-0.2, 0) is 0 Å². The first-order valence-electron chi connectivity index (χ1n) is 12.2. The largest absolute Gasteiger partial charge is 0.504 e. The topological polar surface area (TPSA) is 48.4 Å². The molecule has 0 bridgehead atoms. The molecule has 0 radical (unpaired) electrons. The summed E-state index contributed by atoms with van der Waals surface area (Å²) in [6.07, 6.45) is 2.81. The van der Waals surface area contributed by atoms with E-state index in [0.717, 1.165) is 66.9 Å². The van der Waals surface area contributed by atoms with E-state index in [-0.39, 0.29) is 11.4 Å². The number of pyridine rings is 1. The number of anilines is 1. The maximum absolute atomic E-state index is 14.7. The molecule has 4 nitrogen and oxygen atoms in total. The first-order chi connectivity index (χ1) is 17.4. The first-order valence-corrected chi connectivity index (χ1v) is 12.2. The molecule has 0 saturated carbocycles. The Morgan fingerprint density at radius 3 is 2.53 bits per heavy atom. The summed E-state index contributed by atoms with van der Waals surface area (Å²) in [5, 5.41) is 14.5. The number of aryl methyl sites for hydroxylation is 1. The number of nitrogens with zero attached hydrogens (tertiary/aromatic N) is 2. The summed E-state index contributed by atoms with van der Waals surface area (Å²) >= 11 is 0. The van der Waals surface area contributed by atoms with E-state index in [2.05, 4.69) is 22.1 Å². The number of rotatable bonds is 7. The van der Waals surface area contributed by atoms with Crippen LogP contribution in [0.2, 0.25) is 0 Å². The molecule has 0 spiro atoms. The quantitative estimate of drug-likeness (QED) is 0.292. The molecular formula is C29H28F3N3O. The van der Waals surface area contributed by atoms with Crippen molar-refractivity contribution in [3.8, 4) is 28.0 Å². The summed E-state index contributed by atoms with van der Waals surface area (Å²) in [4.78, 5) is 6.83. The highest BCUT2D eigenvalue weighted by Crippen LogP contribution is 2.42. The smallest absolute Gasteiger partial charge is 0.165 e. The number of aromatic hydroxyl groups is 1. The Bertz CT molecular complexity index is 1410. The number of phenolic OH excluding ortho intramolecular Hbond substituents is 1. The fourth-order valence-corrected chi connectivity index (χ4v) is 4.96. The summed E-state index contributed by atoms with van der Waals surface area (Å²) in [5.41, 5.74) is 3.96. The van der Waals surface area contributed by atoms with E-state index in [1.165, 1.54) is 12.1 Å². The monoisotopic (exact) mass is 491 g/mol. The van der Waals surface area contributed by atoms with Gasteiger partial charge >= 0.3 is 0 Å². The first kappa shape index (κ1) is 24.1. The summed E-state index contributed by atoms with van der Waals surface area (Å²) in [5.74, 6) is -2.20. The van der Waals surface area contributed by atoms with Gasteiger partial charge in [-0.25, -0.2) is 13.2 Å². The molecule has 3 aromatic carbocycles. The molecule has 186 valence electrons. The highest BCUT2D eigenvalue weighted by Gasteiger charge is 2.30.